The lowest BCUT2D eigenvalue weighted by Gasteiger charge is -2.47. The Kier molecular flexibility index (Phi) is 6.09. The fraction of sp³-hybridized carbons (Fsp3) is 0.686. The van der Waals surface area contributed by atoms with Gasteiger partial charge in [0.1, 0.15) is 12.0 Å². The second-order valence-electron chi connectivity index (χ2n) is 14.5. The maximum absolute atomic E-state index is 12.3. The topological polar surface area (TPSA) is 29.5 Å². The van der Waals surface area contributed by atoms with E-state index in [0.717, 1.165) is 56.5 Å². The van der Waals surface area contributed by atoms with E-state index in [-0.39, 0.29) is 17.2 Å². The molecule has 0 unspecified atom stereocenters. The molecule has 3 heteroatoms. The summed E-state index contributed by atoms with van der Waals surface area (Å²) < 4.78 is 7.35. The number of Topliss-reactive ketones (excluding diaryl/α,β-unsaturated/α-hetero) is 1. The third kappa shape index (κ3) is 3.85. The highest BCUT2D eigenvalue weighted by molar-refractivity contribution is 5.82. The summed E-state index contributed by atoms with van der Waals surface area (Å²) in [6, 6.07) is 11.0. The second kappa shape index (κ2) is 9.16. The van der Waals surface area contributed by atoms with Gasteiger partial charge in [0.05, 0.1) is 5.60 Å². The van der Waals surface area contributed by atoms with Crippen LogP contribution in [0.3, 0.4) is 0 Å². The molecule has 2 saturated heterocycles. The molecule has 0 amide bonds. The van der Waals surface area contributed by atoms with Gasteiger partial charge in [0.25, 0.3) is 0 Å². The maximum Gasteiger partial charge on any atom is 0.136 e. The summed E-state index contributed by atoms with van der Waals surface area (Å²) in [5.74, 6) is 4.60. The van der Waals surface area contributed by atoms with Crippen molar-refractivity contribution in [2.45, 2.75) is 104 Å². The van der Waals surface area contributed by atoms with Gasteiger partial charge in [-0.2, -0.15) is 0 Å². The van der Waals surface area contributed by atoms with Gasteiger partial charge in [-0.1, -0.05) is 73.9 Å². The Morgan fingerprint density at radius 2 is 1.92 bits per heavy atom. The molecule has 4 aliphatic carbocycles. The van der Waals surface area contributed by atoms with Crippen molar-refractivity contribution in [3.63, 3.8) is 0 Å². The normalized spacial score (nSPS) is 44.8. The van der Waals surface area contributed by atoms with E-state index in [4.69, 9.17) is 4.74 Å². The van der Waals surface area contributed by atoms with Crippen LogP contribution in [-0.4, -0.2) is 29.1 Å². The fourth-order valence-electron chi connectivity index (χ4n) is 10.3. The van der Waals surface area contributed by atoms with Crippen LogP contribution >= 0.6 is 0 Å². The van der Waals surface area contributed by atoms with Crippen LogP contribution in [0.2, 0.25) is 0 Å². The Balaban J connectivity index is 1.15. The van der Waals surface area contributed by atoms with Gasteiger partial charge in [0.15, 0.2) is 0 Å². The summed E-state index contributed by atoms with van der Waals surface area (Å²) in [5, 5.41) is 0. The van der Waals surface area contributed by atoms with Crippen LogP contribution in [0.25, 0.3) is 0 Å². The molecule has 2 saturated carbocycles. The third-order valence-electron chi connectivity index (χ3n) is 12.4. The molecule has 2 heterocycles. The molecule has 204 valence electrons. The van der Waals surface area contributed by atoms with E-state index in [9.17, 15) is 4.79 Å². The standard InChI is InChI=1S/C35H47NO2/c1-22-16-31-24(3)35(38-33(31)36(20-22)21-25-8-6-5-7-9-25)15-13-28-29-11-10-26-17-27(37)12-14-34(26,4)32(29)18-30(28)23(2)19-35/h5-10,22,24,28-29,31-33H,11-21H2,1-4H3/t22-,24+,28-,29-,31-,32-,33-,34-,35-/m0/s1. The van der Waals surface area contributed by atoms with E-state index in [1.807, 2.05) is 0 Å². The number of carbonyl (C=O) groups is 1. The first-order valence-electron chi connectivity index (χ1n) is 15.6. The number of likely N-dealkylation sites (tertiary alicyclic amines) is 1. The van der Waals surface area contributed by atoms with E-state index in [1.54, 1.807) is 11.1 Å². The number of nitrogens with zero attached hydrogens (tertiary/aromatic N) is 1. The van der Waals surface area contributed by atoms with Gasteiger partial charge in [-0.15, -0.1) is 0 Å². The Morgan fingerprint density at radius 3 is 2.74 bits per heavy atom. The van der Waals surface area contributed by atoms with Crippen molar-refractivity contribution in [2.24, 2.45) is 40.9 Å². The lowest BCUT2D eigenvalue weighted by molar-refractivity contribution is -0.140. The average Bonchev–Trinajstić information content (AvgIpc) is 3.36. The molecule has 1 aromatic rings. The number of benzene rings is 1. The van der Waals surface area contributed by atoms with E-state index in [0.29, 0.717) is 23.5 Å². The zero-order valence-electron chi connectivity index (χ0n) is 24.0. The maximum atomic E-state index is 12.3. The van der Waals surface area contributed by atoms with Crippen molar-refractivity contribution in [3.8, 4) is 0 Å². The van der Waals surface area contributed by atoms with Gasteiger partial charge >= 0.3 is 0 Å². The number of ether oxygens (including phenoxy) is 1. The van der Waals surface area contributed by atoms with Crippen molar-refractivity contribution < 1.29 is 9.53 Å². The summed E-state index contributed by atoms with van der Waals surface area (Å²) in [6.45, 7) is 12.1. The molecule has 0 bridgehead atoms. The molecule has 1 aromatic carbocycles. The molecule has 0 aromatic heterocycles. The number of hydrogen-bond donors (Lipinski definition) is 0. The van der Waals surface area contributed by atoms with Crippen LogP contribution in [0.1, 0.15) is 91.0 Å². The minimum Gasteiger partial charge on any atom is -0.356 e. The molecule has 2 aliphatic heterocycles. The lowest BCUT2D eigenvalue weighted by atomic mass is 9.57. The second-order valence-corrected chi connectivity index (χ2v) is 14.5. The molecular weight excluding hydrogens is 466 g/mol. The molecule has 6 aliphatic rings. The van der Waals surface area contributed by atoms with Crippen LogP contribution in [0.5, 0.6) is 0 Å². The molecule has 0 radical (unpaired) electrons. The quantitative estimate of drug-likeness (QED) is 0.379. The Morgan fingerprint density at radius 1 is 1.11 bits per heavy atom. The SMILES string of the molecule is CC1=C2C[C@H]3[C@@H](CC=C4CC(=O)CC[C@@]43C)[C@@H]2CC[C@@]2(C1)O[C@H]1[C@@H](C[C@H](C)CN1Cc1ccccc1)[C@H]2C. The van der Waals surface area contributed by atoms with E-state index >= 15 is 0 Å². The van der Waals surface area contributed by atoms with Crippen LogP contribution in [0.15, 0.2) is 53.1 Å². The highest BCUT2D eigenvalue weighted by atomic mass is 16.5. The van der Waals surface area contributed by atoms with Crippen molar-refractivity contribution in [1.82, 2.24) is 4.90 Å². The highest BCUT2D eigenvalue weighted by Gasteiger charge is 2.59. The van der Waals surface area contributed by atoms with E-state index < -0.39 is 0 Å². The van der Waals surface area contributed by atoms with Crippen LogP contribution in [0, 0.1) is 40.9 Å². The number of ketones is 1. The third-order valence-corrected chi connectivity index (χ3v) is 12.4. The first-order chi connectivity index (χ1) is 18.3. The first-order valence-corrected chi connectivity index (χ1v) is 15.6. The largest absolute Gasteiger partial charge is 0.356 e. The smallest absolute Gasteiger partial charge is 0.136 e. The monoisotopic (exact) mass is 513 g/mol. The van der Waals surface area contributed by atoms with Crippen molar-refractivity contribution in [1.29, 1.82) is 0 Å². The number of allylic oxidation sites excluding steroid dienone is 3. The van der Waals surface area contributed by atoms with Crippen LogP contribution in [0.4, 0.5) is 0 Å². The summed E-state index contributed by atoms with van der Waals surface area (Å²) >= 11 is 0. The first kappa shape index (κ1) is 25.3. The van der Waals surface area contributed by atoms with Crippen LogP contribution in [-0.2, 0) is 16.1 Å². The molecule has 9 atom stereocenters. The number of hydrogen-bond acceptors (Lipinski definition) is 3. The van der Waals surface area contributed by atoms with Gasteiger partial charge in [-0.3, -0.25) is 9.69 Å². The average molecular weight is 514 g/mol. The predicted molar refractivity (Wildman–Crippen MR) is 152 cm³/mol. The van der Waals surface area contributed by atoms with E-state index in [1.165, 1.54) is 43.2 Å². The minimum absolute atomic E-state index is 0.0118. The van der Waals surface area contributed by atoms with Crippen LogP contribution < -0.4 is 0 Å². The number of piperidine rings is 1. The van der Waals surface area contributed by atoms with Gasteiger partial charge < -0.3 is 4.74 Å². The van der Waals surface area contributed by atoms with Gasteiger partial charge in [0.2, 0.25) is 0 Å². The summed E-state index contributed by atoms with van der Waals surface area (Å²) in [7, 11) is 0. The zero-order valence-corrected chi connectivity index (χ0v) is 24.0. The van der Waals surface area contributed by atoms with E-state index in [2.05, 4.69) is 69.0 Å². The Labute approximate surface area is 230 Å². The lowest BCUT2D eigenvalue weighted by Crippen LogP contribution is -2.47. The predicted octanol–water partition coefficient (Wildman–Crippen LogP) is 7.72. The highest BCUT2D eigenvalue weighted by Crippen LogP contribution is 2.64. The number of fused-ring (bicyclic) bond motifs is 6. The van der Waals surface area contributed by atoms with Gasteiger partial charge in [-0.25, -0.2) is 0 Å². The Hall–Kier alpha value is -1.71. The van der Waals surface area contributed by atoms with Gasteiger partial charge in [0, 0.05) is 31.8 Å². The summed E-state index contributed by atoms with van der Waals surface area (Å²) in [6.07, 6.45) is 12.7. The summed E-state index contributed by atoms with van der Waals surface area (Å²) in [4.78, 5) is 14.9. The minimum atomic E-state index is -0.0118. The molecule has 4 fully saturated rings. The molecule has 7 rings (SSSR count). The van der Waals surface area contributed by atoms with Crippen molar-refractivity contribution in [3.05, 3.63) is 58.7 Å². The fourth-order valence-corrected chi connectivity index (χ4v) is 10.3. The molecule has 0 N–H and O–H groups in total. The van der Waals surface area contributed by atoms with Gasteiger partial charge in [-0.05, 0) is 92.4 Å². The number of carbonyl (C=O) groups excluding carboxylic acids is 1. The van der Waals surface area contributed by atoms with Crippen molar-refractivity contribution >= 4 is 5.78 Å². The zero-order chi connectivity index (χ0) is 26.2. The molecule has 1 spiro atoms. The molecule has 38 heavy (non-hydrogen) atoms. The number of rotatable bonds is 2. The molecule has 3 nitrogen and oxygen atoms in total. The Bertz CT molecular complexity index is 1170. The summed E-state index contributed by atoms with van der Waals surface area (Å²) in [5.41, 5.74) is 6.54. The van der Waals surface area contributed by atoms with Crippen molar-refractivity contribution in [2.75, 3.05) is 6.54 Å². The molecular formula is C35H47NO2.